The summed E-state index contributed by atoms with van der Waals surface area (Å²) in [5.41, 5.74) is 0.116. The number of carbonyl (C=O) groups is 3. The predicted octanol–water partition coefficient (Wildman–Crippen LogP) is 2.93. The normalized spacial score (nSPS) is 23.2. The molecule has 8 heteroatoms. The van der Waals surface area contributed by atoms with Gasteiger partial charge in [-0.15, -0.1) is 0 Å². The number of hydrogen-bond donors (Lipinski definition) is 2. The Balaban J connectivity index is 1.50. The molecule has 0 radical (unpaired) electrons. The summed E-state index contributed by atoms with van der Waals surface area (Å²) in [5, 5.41) is 5.27. The quantitative estimate of drug-likeness (QED) is 0.757. The number of rotatable bonds is 4. The van der Waals surface area contributed by atoms with Crippen LogP contribution in [-0.4, -0.2) is 29.3 Å². The lowest BCUT2D eigenvalue weighted by Crippen LogP contribution is -2.44. The topological polar surface area (TPSA) is 78.5 Å². The van der Waals surface area contributed by atoms with Crippen molar-refractivity contribution in [3.05, 3.63) is 70.8 Å². The summed E-state index contributed by atoms with van der Waals surface area (Å²) >= 11 is 0. The van der Waals surface area contributed by atoms with Gasteiger partial charge in [-0.05, 0) is 55.5 Å². The van der Waals surface area contributed by atoms with Crippen molar-refractivity contribution in [1.29, 1.82) is 0 Å². The maximum Gasteiger partial charge on any atom is 0.325 e. The molecule has 6 nitrogen and oxygen atoms in total. The van der Waals surface area contributed by atoms with Gasteiger partial charge in [0, 0.05) is 5.56 Å². The molecule has 156 valence electrons. The zero-order valence-electron chi connectivity index (χ0n) is 16.4. The highest BCUT2D eigenvalue weighted by Crippen LogP contribution is 2.32. The highest BCUT2D eigenvalue weighted by molar-refractivity contribution is 6.09. The maximum absolute atomic E-state index is 14.2. The zero-order valence-corrected chi connectivity index (χ0v) is 16.4. The van der Waals surface area contributed by atoms with Crippen molar-refractivity contribution in [1.82, 2.24) is 15.5 Å². The Morgan fingerprint density at radius 3 is 2.80 bits per heavy atom. The van der Waals surface area contributed by atoms with Crippen LogP contribution >= 0.6 is 0 Å². The monoisotopic (exact) mass is 413 g/mol. The largest absolute Gasteiger partial charge is 0.348 e. The van der Waals surface area contributed by atoms with Gasteiger partial charge in [0.2, 0.25) is 5.91 Å². The number of halogens is 2. The molecule has 0 saturated carbocycles. The number of benzene rings is 2. The van der Waals surface area contributed by atoms with E-state index in [4.69, 9.17) is 0 Å². The lowest BCUT2D eigenvalue weighted by atomic mass is 9.88. The molecule has 1 aliphatic carbocycles. The molecule has 0 aromatic heterocycles. The van der Waals surface area contributed by atoms with Gasteiger partial charge in [-0.1, -0.05) is 24.3 Å². The van der Waals surface area contributed by atoms with Crippen LogP contribution in [0.2, 0.25) is 0 Å². The third-order valence-corrected chi connectivity index (χ3v) is 5.75. The van der Waals surface area contributed by atoms with Gasteiger partial charge in [-0.25, -0.2) is 13.6 Å². The van der Waals surface area contributed by atoms with Gasteiger partial charge >= 0.3 is 6.03 Å². The van der Waals surface area contributed by atoms with Crippen LogP contribution in [0.4, 0.5) is 13.6 Å². The molecule has 0 bridgehead atoms. The van der Waals surface area contributed by atoms with E-state index >= 15 is 0 Å². The molecule has 0 unspecified atom stereocenters. The first kappa shape index (κ1) is 20.0. The van der Waals surface area contributed by atoms with Crippen LogP contribution in [0.25, 0.3) is 0 Å². The van der Waals surface area contributed by atoms with Gasteiger partial charge in [0.05, 0.1) is 6.04 Å². The minimum Gasteiger partial charge on any atom is -0.348 e. The fourth-order valence-corrected chi connectivity index (χ4v) is 4.19. The van der Waals surface area contributed by atoms with E-state index in [1.54, 1.807) is 0 Å². The zero-order chi connectivity index (χ0) is 21.5. The second-order valence-electron chi connectivity index (χ2n) is 7.78. The first-order valence-electron chi connectivity index (χ1n) is 9.76. The van der Waals surface area contributed by atoms with Crippen molar-refractivity contribution in [2.24, 2.45) is 0 Å². The van der Waals surface area contributed by atoms with Crippen molar-refractivity contribution in [3.63, 3.8) is 0 Å². The molecular formula is C22H21F2N3O3. The molecule has 4 rings (SSSR count). The van der Waals surface area contributed by atoms with E-state index in [-0.39, 0.29) is 11.6 Å². The molecule has 4 amide bonds. The molecule has 1 aliphatic heterocycles. The number of imide groups is 1. The summed E-state index contributed by atoms with van der Waals surface area (Å²) in [6, 6.07) is 9.49. The Bertz CT molecular complexity index is 1040. The summed E-state index contributed by atoms with van der Waals surface area (Å²) in [4.78, 5) is 38.6. The maximum atomic E-state index is 14.2. The first-order valence-corrected chi connectivity index (χ1v) is 9.76. The summed E-state index contributed by atoms with van der Waals surface area (Å²) in [7, 11) is 0. The number of carbonyl (C=O) groups excluding carboxylic acids is 3. The van der Waals surface area contributed by atoms with Crippen molar-refractivity contribution in [2.45, 2.75) is 37.8 Å². The molecule has 2 aromatic carbocycles. The van der Waals surface area contributed by atoms with E-state index < -0.39 is 41.6 Å². The van der Waals surface area contributed by atoms with Crippen molar-refractivity contribution >= 4 is 17.8 Å². The molecule has 1 fully saturated rings. The third kappa shape index (κ3) is 3.42. The van der Waals surface area contributed by atoms with Crippen LogP contribution in [0.3, 0.4) is 0 Å². The molecule has 2 N–H and O–H groups in total. The molecule has 2 aliphatic rings. The van der Waals surface area contributed by atoms with Gasteiger partial charge in [0.25, 0.3) is 5.91 Å². The lowest BCUT2D eigenvalue weighted by molar-refractivity contribution is -0.135. The van der Waals surface area contributed by atoms with Crippen LogP contribution in [0.5, 0.6) is 0 Å². The number of amides is 4. The van der Waals surface area contributed by atoms with Crippen molar-refractivity contribution in [2.75, 3.05) is 6.54 Å². The van der Waals surface area contributed by atoms with Crippen molar-refractivity contribution in [3.8, 4) is 0 Å². The van der Waals surface area contributed by atoms with Crippen LogP contribution in [0.1, 0.15) is 42.5 Å². The van der Waals surface area contributed by atoms with E-state index in [2.05, 4.69) is 10.6 Å². The molecular weight excluding hydrogens is 392 g/mol. The predicted molar refractivity (Wildman–Crippen MR) is 104 cm³/mol. The van der Waals surface area contributed by atoms with Gasteiger partial charge in [0.15, 0.2) is 0 Å². The standard InChI is InChI=1S/C22H21F2N3O3/c1-22(16-11-14(23)9-10-17(16)24)20(29)27(21(30)26-22)12-19(28)25-18-8-4-6-13-5-2-3-7-15(13)18/h2-3,5,7,9-11,18H,4,6,8,12H2,1H3,(H,25,28)(H,26,30)/t18-,22+/m1/s1. The average Bonchev–Trinajstić information content (AvgIpc) is 2.94. The Morgan fingerprint density at radius 1 is 1.23 bits per heavy atom. The molecule has 2 atom stereocenters. The van der Waals surface area contributed by atoms with Gasteiger partial charge in [-0.2, -0.15) is 0 Å². The number of nitrogens with one attached hydrogen (secondary N) is 2. The molecule has 0 spiro atoms. The second kappa shape index (κ2) is 7.51. The molecule has 2 aromatic rings. The average molecular weight is 413 g/mol. The lowest BCUT2D eigenvalue weighted by Gasteiger charge is -2.27. The molecule has 30 heavy (non-hydrogen) atoms. The first-order chi connectivity index (χ1) is 14.3. The Labute approximate surface area is 172 Å². The summed E-state index contributed by atoms with van der Waals surface area (Å²) in [5.74, 6) is -2.86. The number of hydrogen-bond acceptors (Lipinski definition) is 3. The Hall–Kier alpha value is -3.29. The third-order valence-electron chi connectivity index (χ3n) is 5.75. The fourth-order valence-electron chi connectivity index (χ4n) is 4.19. The number of fused-ring (bicyclic) bond motifs is 1. The number of nitrogens with zero attached hydrogens (tertiary/aromatic N) is 1. The molecule has 1 saturated heterocycles. The van der Waals surface area contributed by atoms with Crippen LogP contribution in [-0.2, 0) is 21.5 Å². The van der Waals surface area contributed by atoms with Crippen molar-refractivity contribution < 1.29 is 23.2 Å². The number of urea groups is 1. The van der Waals surface area contributed by atoms with Gasteiger partial charge in [0.1, 0.15) is 23.7 Å². The minimum atomic E-state index is -1.79. The van der Waals surface area contributed by atoms with E-state index in [0.29, 0.717) is 0 Å². The Morgan fingerprint density at radius 2 is 2.00 bits per heavy atom. The highest BCUT2D eigenvalue weighted by Gasteiger charge is 2.51. The van der Waals surface area contributed by atoms with E-state index in [1.165, 1.54) is 6.92 Å². The van der Waals surface area contributed by atoms with E-state index in [9.17, 15) is 23.2 Å². The Kier molecular flexibility index (Phi) is 5.01. The smallest absolute Gasteiger partial charge is 0.325 e. The molecule has 1 heterocycles. The minimum absolute atomic E-state index is 0.199. The van der Waals surface area contributed by atoms with Crippen LogP contribution < -0.4 is 10.6 Å². The van der Waals surface area contributed by atoms with Gasteiger partial charge in [-0.3, -0.25) is 14.5 Å². The summed E-state index contributed by atoms with van der Waals surface area (Å²) in [6.07, 6.45) is 2.62. The van der Waals surface area contributed by atoms with E-state index in [1.807, 2.05) is 24.3 Å². The van der Waals surface area contributed by atoms with E-state index in [0.717, 1.165) is 53.5 Å². The second-order valence-corrected chi connectivity index (χ2v) is 7.78. The summed E-state index contributed by atoms with van der Waals surface area (Å²) in [6.45, 7) is 0.788. The highest BCUT2D eigenvalue weighted by atomic mass is 19.1. The van der Waals surface area contributed by atoms with Crippen LogP contribution in [0.15, 0.2) is 42.5 Å². The van der Waals surface area contributed by atoms with Gasteiger partial charge < -0.3 is 10.6 Å². The van der Waals surface area contributed by atoms with Crippen LogP contribution in [0, 0.1) is 11.6 Å². The SMILES string of the molecule is C[C@@]1(c2cc(F)ccc2F)NC(=O)N(CC(=O)N[C@@H]2CCCc3ccccc32)C1=O. The fraction of sp³-hybridized carbons (Fsp3) is 0.318. The summed E-state index contributed by atoms with van der Waals surface area (Å²) < 4.78 is 27.9. The number of aryl methyl sites for hydroxylation is 1.